The Kier molecular flexibility index (Phi) is 7.13. The highest BCUT2D eigenvalue weighted by Crippen LogP contribution is 2.31. The fourth-order valence-electron chi connectivity index (χ4n) is 3.51. The molecule has 0 atom stereocenters. The van der Waals surface area contributed by atoms with E-state index in [-0.39, 0.29) is 0 Å². The molecular weight excluding hydrogens is 426 g/mol. The number of nitrogens with zero attached hydrogens (tertiary/aromatic N) is 2. The summed E-state index contributed by atoms with van der Waals surface area (Å²) in [6, 6.07) is 16.8. The van der Waals surface area contributed by atoms with Crippen molar-refractivity contribution in [2.24, 2.45) is 5.92 Å². The van der Waals surface area contributed by atoms with Crippen molar-refractivity contribution in [3.05, 3.63) is 83.3 Å². The standard InChI is InChI=1S/C27H27N5S/c1-18(2)15-31-33-23-8-5-20(6-9-23)4-7-21-16-29-17-22(14-28)27(21)32-25-10-11-26-24(19(25)3)12-13-30-26/h4-13,16-18,30-31H,15H2,1-3H3,(H,29,32)/b7-4+. The minimum absolute atomic E-state index is 0.508. The van der Waals surface area contributed by atoms with Gasteiger partial charge in [-0.25, -0.2) is 0 Å². The lowest BCUT2D eigenvalue weighted by Gasteiger charge is -2.14. The van der Waals surface area contributed by atoms with E-state index < -0.39 is 0 Å². The highest BCUT2D eigenvalue weighted by atomic mass is 32.2. The molecule has 4 aromatic rings. The lowest BCUT2D eigenvalue weighted by Crippen LogP contribution is -2.11. The largest absolute Gasteiger partial charge is 0.361 e. The van der Waals surface area contributed by atoms with Gasteiger partial charge in [0.05, 0.1) is 11.3 Å². The van der Waals surface area contributed by atoms with Crippen molar-refractivity contribution in [1.29, 1.82) is 5.26 Å². The van der Waals surface area contributed by atoms with Gasteiger partial charge in [0, 0.05) is 52.2 Å². The van der Waals surface area contributed by atoms with Crippen LogP contribution in [-0.2, 0) is 0 Å². The number of anilines is 2. The van der Waals surface area contributed by atoms with Crippen LogP contribution >= 0.6 is 11.9 Å². The lowest BCUT2D eigenvalue weighted by molar-refractivity contribution is 0.640. The van der Waals surface area contributed by atoms with Gasteiger partial charge in [0.25, 0.3) is 0 Å². The molecule has 2 heterocycles. The first kappa shape index (κ1) is 22.7. The number of hydrogen-bond acceptors (Lipinski definition) is 5. The first-order valence-electron chi connectivity index (χ1n) is 10.9. The van der Waals surface area contributed by atoms with Crippen LogP contribution in [-0.4, -0.2) is 16.5 Å². The second-order valence-corrected chi connectivity index (χ2v) is 9.28. The highest BCUT2D eigenvalue weighted by molar-refractivity contribution is 7.97. The van der Waals surface area contributed by atoms with Crippen LogP contribution in [0.1, 0.15) is 36.1 Å². The van der Waals surface area contributed by atoms with Crippen LogP contribution in [0, 0.1) is 24.2 Å². The molecule has 0 spiro atoms. The van der Waals surface area contributed by atoms with Crippen molar-refractivity contribution < 1.29 is 0 Å². The van der Waals surface area contributed by atoms with Gasteiger partial charge >= 0.3 is 0 Å². The molecule has 4 rings (SSSR count). The van der Waals surface area contributed by atoms with Gasteiger partial charge in [-0.15, -0.1) is 0 Å². The number of aromatic nitrogens is 2. The average molecular weight is 454 g/mol. The molecule has 0 saturated carbocycles. The van der Waals surface area contributed by atoms with Gasteiger partial charge in [0.15, 0.2) is 0 Å². The van der Waals surface area contributed by atoms with Gasteiger partial charge in [0.1, 0.15) is 6.07 Å². The number of aromatic amines is 1. The number of nitriles is 1. The van der Waals surface area contributed by atoms with Gasteiger partial charge in [-0.3, -0.25) is 9.71 Å². The fourth-order valence-corrected chi connectivity index (χ4v) is 4.36. The van der Waals surface area contributed by atoms with Crippen LogP contribution in [0.4, 0.5) is 11.4 Å². The van der Waals surface area contributed by atoms with Gasteiger partial charge in [-0.05, 0) is 66.2 Å². The molecule has 0 aliphatic carbocycles. The Morgan fingerprint density at radius 1 is 1.09 bits per heavy atom. The summed E-state index contributed by atoms with van der Waals surface area (Å²) in [5.41, 5.74) is 6.40. The van der Waals surface area contributed by atoms with Crippen LogP contribution < -0.4 is 10.0 Å². The SMILES string of the molecule is Cc1c(Nc2c(C#N)cncc2/C=C/c2ccc(SNCC(C)C)cc2)ccc2[nH]ccc12. The quantitative estimate of drug-likeness (QED) is 0.253. The normalized spacial score (nSPS) is 11.4. The molecule has 33 heavy (non-hydrogen) atoms. The van der Waals surface area contributed by atoms with E-state index in [2.05, 4.69) is 77.2 Å². The summed E-state index contributed by atoms with van der Waals surface area (Å²) in [6.45, 7) is 7.44. The Labute approximate surface area is 199 Å². The Bertz CT molecular complexity index is 1310. The van der Waals surface area contributed by atoms with Crippen LogP contribution in [0.25, 0.3) is 23.1 Å². The van der Waals surface area contributed by atoms with Crippen LogP contribution in [0.3, 0.4) is 0 Å². The topological polar surface area (TPSA) is 76.5 Å². The van der Waals surface area contributed by atoms with Gasteiger partial charge in [-0.1, -0.05) is 38.1 Å². The molecule has 0 amide bonds. The molecule has 0 radical (unpaired) electrons. The predicted octanol–water partition coefficient (Wildman–Crippen LogP) is 6.91. The highest BCUT2D eigenvalue weighted by Gasteiger charge is 2.11. The molecule has 2 aromatic carbocycles. The third kappa shape index (κ3) is 5.46. The molecule has 3 N–H and O–H groups in total. The predicted molar refractivity (Wildman–Crippen MR) is 139 cm³/mol. The smallest absolute Gasteiger partial charge is 0.103 e. The molecule has 0 aliphatic heterocycles. The molecule has 0 bridgehead atoms. The van der Waals surface area contributed by atoms with E-state index >= 15 is 0 Å². The lowest BCUT2D eigenvalue weighted by atomic mass is 10.1. The first-order valence-corrected chi connectivity index (χ1v) is 11.8. The van der Waals surface area contributed by atoms with E-state index in [0.29, 0.717) is 11.5 Å². The number of hydrogen-bond donors (Lipinski definition) is 3. The van der Waals surface area contributed by atoms with Gasteiger partial charge < -0.3 is 10.3 Å². The molecule has 0 fully saturated rings. The number of benzene rings is 2. The molecule has 2 aromatic heterocycles. The van der Waals surface area contributed by atoms with E-state index in [0.717, 1.165) is 45.5 Å². The second-order valence-electron chi connectivity index (χ2n) is 8.31. The number of pyridine rings is 1. The Morgan fingerprint density at radius 3 is 2.67 bits per heavy atom. The maximum Gasteiger partial charge on any atom is 0.103 e. The van der Waals surface area contributed by atoms with Crippen molar-refractivity contribution in [1.82, 2.24) is 14.7 Å². The Hall–Kier alpha value is -3.53. The summed E-state index contributed by atoms with van der Waals surface area (Å²) in [5.74, 6) is 0.619. The zero-order valence-electron chi connectivity index (χ0n) is 19.0. The Balaban J connectivity index is 1.56. The minimum atomic E-state index is 0.508. The summed E-state index contributed by atoms with van der Waals surface area (Å²) in [4.78, 5) is 8.68. The minimum Gasteiger partial charge on any atom is -0.361 e. The number of H-pyrrole nitrogens is 1. The van der Waals surface area contributed by atoms with E-state index in [1.54, 1.807) is 24.3 Å². The van der Waals surface area contributed by atoms with Crippen LogP contribution in [0.15, 0.2) is 66.0 Å². The summed E-state index contributed by atoms with van der Waals surface area (Å²) in [7, 11) is 0. The third-order valence-electron chi connectivity index (χ3n) is 5.38. The average Bonchev–Trinajstić information content (AvgIpc) is 3.30. The zero-order chi connectivity index (χ0) is 23.2. The van der Waals surface area contributed by atoms with Crippen molar-refractivity contribution in [2.75, 3.05) is 11.9 Å². The maximum atomic E-state index is 9.68. The Morgan fingerprint density at radius 2 is 1.91 bits per heavy atom. The fraction of sp³-hybridized carbons (Fsp3) is 0.185. The van der Waals surface area contributed by atoms with E-state index in [4.69, 9.17) is 0 Å². The summed E-state index contributed by atoms with van der Waals surface area (Å²) >= 11 is 1.65. The van der Waals surface area contributed by atoms with Crippen molar-refractivity contribution in [3.8, 4) is 6.07 Å². The maximum absolute atomic E-state index is 9.68. The number of aryl methyl sites for hydroxylation is 1. The number of rotatable bonds is 8. The molecule has 166 valence electrons. The summed E-state index contributed by atoms with van der Waals surface area (Å²) in [6.07, 6.45) is 9.36. The molecular formula is C27H27N5S. The van der Waals surface area contributed by atoms with Crippen molar-refractivity contribution >= 4 is 46.4 Å². The van der Waals surface area contributed by atoms with E-state index in [1.165, 1.54) is 4.90 Å². The van der Waals surface area contributed by atoms with Crippen LogP contribution in [0.5, 0.6) is 0 Å². The van der Waals surface area contributed by atoms with Gasteiger partial charge in [0.2, 0.25) is 0 Å². The molecule has 0 unspecified atom stereocenters. The zero-order valence-corrected chi connectivity index (χ0v) is 19.8. The van der Waals surface area contributed by atoms with Crippen molar-refractivity contribution in [3.63, 3.8) is 0 Å². The molecule has 0 saturated heterocycles. The van der Waals surface area contributed by atoms with Gasteiger partial charge in [-0.2, -0.15) is 5.26 Å². The molecule has 6 heteroatoms. The third-order valence-corrected chi connectivity index (χ3v) is 6.19. The van der Waals surface area contributed by atoms with Crippen molar-refractivity contribution in [2.45, 2.75) is 25.7 Å². The van der Waals surface area contributed by atoms with E-state index in [1.807, 2.05) is 30.5 Å². The molecule has 0 aliphatic rings. The molecule has 5 nitrogen and oxygen atoms in total. The van der Waals surface area contributed by atoms with E-state index in [9.17, 15) is 5.26 Å². The monoisotopic (exact) mass is 453 g/mol. The first-order chi connectivity index (χ1) is 16.0. The second kappa shape index (κ2) is 10.4. The van der Waals surface area contributed by atoms with Crippen LogP contribution in [0.2, 0.25) is 0 Å². The summed E-state index contributed by atoms with van der Waals surface area (Å²) in [5, 5.41) is 14.3. The summed E-state index contributed by atoms with van der Waals surface area (Å²) < 4.78 is 3.39. The number of nitrogens with one attached hydrogen (secondary N) is 3. The number of fused-ring (bicyclic) bond motifs is 1.